The summed E-state index contributed by atoms with van der Waals surface area (Å²) in [7, 11) is 0. The van der Waals surface area contributed by atoms with Crippen molar-refractivity contribution in [2.24, 2.45) is 0 Å². The normalized spacial score (nSPS) is 12.0. The third-order valence-electron chi connectivity index (χ3n) is 3.30. The van der Waals surface area contributed by atoms with E-state index in [-0.39, 0.29) is 17.1 Å². The van der Waals surface area contributed by atoms with Crippen LogP contribution in [-0.4, -0.2) is 32.0 Å². The lowest BCUT2D eigenvalue weighted by atomic mass is 9.92. The van der Waals surface area contributed by atoms with Crippen molar-refractivity contribution in [2.45, 2.75) is 31.3 Å². The molecule has 3 rings (SSSR count). The Kier molecular flexibility index (Phi) is 5.58. The number of rotatable bonds is 6. The minimum absolute atomic E-state index is 0.132. The molecule has 0 aliphatic carbocycles. The molecule has 3 aromatic rings. The summed E-state index contributed by atoms with van der Waals surface area (Å²) in [6.45, 7) is 6.08. The van der Waals surface area contributed by atoms with Gasteiger partial charge in [0.25, 0.3) is 0 Å². The Balaban J connectivity index is 1.49. The maximum atomic E-state index is 12.0. The van der Waals surface area contributed by atoms with Gasteiger partial charge in [-0.25, -0.2) is 4.98 Å². The fourth-order valence-corrected chi connectivity index (χ4v) is 3.16. The highest BCUT2D eigenvalue weighted by Gasteiger charge is 2.19. The van der Waals surface area contributed by atoms with Crippen molar-refractivity contribution in [3.05, 3.63) is 40.0 Å². The maximum Gasteiger partial charge on any atom is 0.237 e. The van der Waals surface area contributed by atoms with E-state index in [1.54, 1.807) is 17.4 Å². The molecule has 136 valence electrons. The smallest absolute Gasteiger partial charge is 0.237 e. The molecule has 0 aliphatic rings. The maximum absolute atomic E-state index is 12.0. The number of anilines is 1. The number of hydrogen-bond donors (Lipinski definition) is 2. The number of aromatic amines is 1. The molecular weight excluding hydrogens is 370 g/mol. The molecule has 0 fully saturated rings. The van der Waals surface area contributed by atoms with Crippen molar-refractivity contribution >= 4 is 47.0 Å². The van der Waals surface area contributed by atoms with Gasteiger partial charge in [0.1, 0.15) is 5.82 Å². The predicted octanol–water partition coefficient (Wildman–Crippen LogP) is 4.05. The van der Waals surface area contributed by atoms with E-state index in [0.717, 1.165) is 10.6 Å². The summed E-state index contributed by atoms with van der Waals surface area (Å²) in [5, 5.41) is 16.1. The average molecular weight is 390 g/mol. The van der Waals surface area contributed by atoms with Crippen LogP contribution in [0.5, 0.6) is 0 Å². The van der Waals surface area contributed by atoms with Crippen LogP contribution < -0.4 is 5.32 Å². The number of aromatic nitrogens is 4. The van der Waals surface area contributed by atoms with E-state index in [0.29, 0.717) is 16.9 Å². The van der Waals surface area contributed by atoms with Crippen LogP contribution >= 0.6 is 23.1 Å². The van der Waals surface area contributed by atoms with Crippen LogP contribution in [0.4, 0.5) is 5.88 Å². The summed E-state index contributed by atoms with van der Waals surface area (Å²) in [5.41, 5.74) is 0.657. The summed E-state index contributed by atoms with van der Waals surface area (Å²) >= 11 is 2.89. The molecule has 0 aliphatic heterocycles. The summed E-state index contributed by atoms with van der Waals surface area (Å²) in [6, 6.07) is 5.75. The minimum atomic E-state index is -0.202. The van der Waals surface area contributed by atoms with Crippen molar-refractivity contribution in [1.29, 1.82) is 0 Å². The van der Waals surface area contributed by atoms with E-state index in [2.05, 4.69) is 25.7 Å². The highest BCUT2D eigenvalue weighted by atomic mass is 32.2. The molecule has 9 heteroatoms. The van der Waals surface area contributed by atoms with Crippen molar-refractivity contribution in [3.8, 4) is 0 Å². The molecular formula is C17H19N5O2S2. The Bertz CT molecular complexity index is 891. The number of H-pyrrole nitrogens is 1. The van der Waals surface area contributed by atoms with E-state index in [1.165, 1.54) is 11.8 Å². The first kappa shape index (κ1) is 18.4. The van der Waals surface area contributed by atoms with Crippen molar-refractivity contribution in [1.82, 2.24) is 20.3 Å². The van der Waals surface area contributed by atoms with E-state index in [1.807, 2.05) is 50.4 Å². The molecule has 3 aromatic heterocycles. The molecule has 0 spiro atoms. The number of amides is 1. The van der Waals surface area contributed by atoms with Gasteiger partial charge in [-0.2, -0.15) is 0 Å². The zero-order valence-electron chi connectivity index (χ0n) is 14.6. The van der Waals surface area contributed by atoms with Crippen LogP contribution in [0, 0.1) is 0 Å². The van der Waals surface area contributed by atoms with Gasteiger partial charge in [-0.3, -0.25) is 15.2 Å². The second-order valence-corrected chi connectivity index (χ2v) is 8.44. The van der Waals surface area contributed by atoms with Gasteiger partial charge in [-0.05, 0) is 23.6 Å². The number of thioether (sulfide) groups is 1. The van der Waals surface area contributed by atoms with Gasteiger partial charge in [-0.1, -0.05) is 43.8 Å². The molecule has 0 saturated heterocycles. The SMILES string of the molecule is CC(C)(C)c1cc(NC(=O)CSc2n[nH]c(C=Cc3cccs3)n2)on1. The molecule has 26 heavy (non-hydrogen) atoms. The van der Waals surface area contributed by atoms with Crippen LogP contribution in [0.25, 0.3) is 12.2 Å². The molecule has 0 bridgehead atoms. The Morgan fingerprint density at radius 2 is 2.27 bits per heavy atom. The number of carbonyl (C=O) groups excluding carboxylic acids is 1. The Morgan fingerprint density at radius 1 is 1.42 bits per heavy atom. The van der Waals surface area contributed by atoms with Crippen LogP contribution in [0.3, 0.4) is 0 Å². The van der Waals surface area contributed by atoms with Crippen molar-refractivity contribution < 1.29 is 9.32 Å². The molecule has 0 unspecified atom stereocenters. The van der Waals surface area contributed by atoms with E-state index < -0.39 is 0 Å². The molecule has 0 radical (unpaired) electrons. The summed E-state index contributed by atoms with van der Waals surface area (Å²) in [4.78, 5) is 17.5. The summed E-state index contributed by atoms with van der Waals surface area (Å²) in [6.07, 6.45) is 3.81. The second kappa shape index (κ2) is 7.88. The Hall–Kier alpha value is -2.39. The fraction of sp³-hybridized carbons (Fsp3) is 0.294. The zero-order chi connectivity index (χ0) is 18.6. The zero-order valence-corrected chi connectivity index (χ0v) is 16.3. The van der Waals surface area contributed by atoms with Crippen LogP contribution in [-0.2, 0) is 10.2 Å². The van der Waals surface area contributed by atoms with Gasteiger partial charge in [0.15, 0.2) is 0 Å². The first-order valence-corrected chi connectivity index (χ1v) is 9.80. The van der Waals surface area contributed by atoms with E-state index in [9.17, 15) is 4.79 Å². The largest absolute Gasteiger partial charge is 0.338 e. The summed E-state index contributed by atoms with van der Waals surface area (Å²) < 4.78 is 5.15. The Labute approximate surface area is 159 Å². The van der Waals surface area contributed by atoms with Gasteiger partial charge in [0, 0.05) is 16.4 Å². The second-order valence-electron chi connectivity index (χ2n) is 6.52. The van der Waals surface area contributed by atoms with Crippen molar-refractivity contribution in [2.75, 3.05) is 11.1 Å². The van der Waals surface area contributed by atoms with Gasteiger partial charge >= 0.3 is 0 Å². The number of thiophene rings is 1. The van der Waals surface area contributed by atoms with Crippen LogP contribution in [0.15, 0.2) is 33.3 Å². The standard InChI is InChI=1S/C17H19N5O2S2/c1-17(2,3)12-9-15(24-22-12)19-14(23)10-26-16-18-13(20-21-16)7-6-11-5-4-8-25-11/h4-9H,10H2,1-3H3,(H,19,23)(H,18,20,21). The highest BCUT2D eigenvalue weighted by Crippen LogP contribution is 2.24. The minimum Gasteiger partial charge on any atom is -0.338 e. The lowest BCUT2D eigenvalue weighted by Crippen LogP contribution is -2.14. The molecule has 0 atom stereocenters. The van der Waals surface area contributed by atoms with Gasteiger partial charge < -0.3 is 4.52 Å². The van der Waals surface area contributed by atoms with Crippen LogP contribution in [0.2, 0.25) is 0 Å². The lowest BCUT2D eigenvalue weighted by Gasteiger charge is -2.12. The molecule has 0 saturated carbocycles. The first-order valence-electron chi connectivity index (χ1n) is 7.94. The first-order chi connectivity index (χ1) is 12.4. The quantitative estimate of drug-likeness (QED) is 0.617. The summed E-state index contributed by atoms with van der Waals surface area (Å²) in [5.74, 6) is 0.964. The van der Waals surface area contributed by atoms with E-state index >= 15 is 0 Å². The van der Waals surface area contributed by atoms with Gasteiger partial charge in [0.05, 0.1) is 11.4 Å². The third-order valence-corrected chi connectivity index (χ3v) is 4.99. The van der Waals surface area contributed by atoms with Crippen molar-refractivity contribution in [3.63, 3.8) is 0 Å². The number of nitrogens with zero attached hydrogens (tertiary/aromatic N) is 3. The monoisotopic (exact) mass is 389 g/mol. The topological polar surface area (TPSA) is 96.7 Å². The molecule has 0 aromatic carbocycles. The fourth-order valence-electron chi connectivity index (χ4n) is 1.94. The third kappa shape index (κ3) is 5.06. The molecule has 2 N–H and O–H groups in total. The van der Waals surface area contributed by atoms with Crippen LogP contribution in [0.1, 0.15) is 37.2 Å². The lowest BCUT2D eigenvalue weighted by molar-refractivity contribution is -0.113. The number of carbonyl (C=O) groups is 1. The molecule has 3 heterocycles. The predicted molar refractivity (Wildman–Crippen MR) is 104 cm³/mol. The molecule has 7 nitrogen and oxygen atoms in total. The average Bonchev–Trinajstić information content (AvgIpc) is 3.32. The molecule has 1 amide bonds. The van der Waals surface area contributed by atoms with Gasteiger partial charge in [0.2, 0.25) is 16.9 Å². The highest BCUT2D eigenvalue weighted by molar-refractivity contribution is 7.99. The van der Waals surface area contributed by atoms with E-state index in [4.69, 9.17) is 4.52 Å². The Morgan fingerprint density at radius 3 is 2.96 bits per heavy atom. The van der Waals surface area contributed by atoms with Gasteiger partial charge in [-0.15, -0.1) is 16.4 Å². The number of nitrogens with one attached hydrogen (secondary N) is 2. The number of hydrogen-bond acceptors (Lipinski definition) is 7.